The summed E-state index contributed by atoms with van der Waals surface area (Å²) in [5.41, 5.74) is 2.14. The van der Waals surface area contributed by atoms with E-state index < -0.39 is 0 Å². The van der Waals surface area contributed by atoms with Crippen molar-refractivity contribution in [2.45, 2.75) is 13.5 Å². The molecule has 0 radical (unpaired) electrons. The van der Waals surface area contributed by atoms with Crippen LogP contribution in [-0.4, -0.2) is 53.9 Å². The lowest BCUT2D eigenvalue weighted by atomic mass is 10.2. The van der Waals surface area contributed by atoms with Crippen LogP contribution in [-0.2, 0) is 6.54 Å². The van der Waals surface area contributed by atoms with E-state index in [9.17, 15) is 4.79 Å². The molecule has 0 spiro atoms. The summed E-state index contributed by atoms with van der Waals surface area (Å²) in [6.07, 6.45) is 0. The van der Waals surface area contributed by atoms with Crippen LogP contribution in [0.3, 0.4) is 0 Å². The summed E-state index contributed by atoms with van der Waals surface area (Å²) in [6.45, 7) is 6.23. The minimum Gasteiger partial charge on any atom is -0.365 e. The molecular weight excluding hydrogens is 308 g/mol. The van der Waals surface area contributed by atoms with Crippen molar-refractivity contribution >= 4 is 22.4 Å². The number of rotatable bonds is 4. The predicted octanol–water partition coefficient (Wildman–Crippen LogP) is 2.45. The molecule has 5 nitrogen and oxygen atoms in total. The van der Waals surface area contributed by atoms with Crippen molar-refractivity contribution in [2.75, 3.05) is 38.5 Å². The average molecular weight is 330 g/mol. The topological polar surface area (TPSA) is 48.5 Å². The fourth-order valence-electron chi connectivity index (χ4n) is 2.80. The standard InChI is InChI=1S/C17H22N4OS/c1-13-15(23-17(18-2)19-13)16(22)21-10-8-20(9-11-21)12-14-6-4-3-5-7-14/h3-7H,8-12H2,1-2H3,(H,18,19). The van der Waals surface area contributed by atoms with Crippen LogP contribution >= 0.6 is 11.3 Å². The van der Waals surface area contributed by atoms with Crippen molar-refractivity contribution in [2.24, 2.45) is 0 Å². The van der Waals surface area contributed by atoms with Gasteiger partial charge in [-0.05, 0) is 12.5 Å². The number of nitrogens with zero attached hydrogens (tertiary/aromatic N) is 3. The summed E-state index contributed by atoms with van der Waals surface area (Å²) in [5, 5.41) is 3.81. The Morgan fingerprint density at radius 2 is 1.91 bits per heavy atom. The van der Waals surface area contributed by atoms with E-state index in [-0.39, 0.29) is 5.91 Å². The SMILES string of the molecule is CNc1nc(C)c(C(=O)N2CCN(Cc3ccccc3)CC2)s1. The Morgan fingerprint density at radius 3 is 2.52 bits per heavy atom. The second-order valence-corrected chi connectivity index (χ2v) is 6.74. The lowest BCUT2D eigenvalue weighted by Gasteiger charge is -2.34. The van der Waals surface area contributed by atoms with Gasteiger partial charge in [0, 0.05) is 39.8 Å². The molecule has 1 aromatic carbocycles. The number of thiazole rings is 1. The summed E-state index contributed by atoms with van der Waals surface area (Å²) in [4.78, 5) is 22.1. The van der Waals surface area contributed by atoms with Crippen LogP contribution in [0.5, 0.6) is 0 Å². The number of anilines is 1. The number of carbonyl (C=O) groups is 1. The molecule has 2 aromatic rings. The van der Waals surface area contributed by atoms with E-state index in [1.165, 1.54) is 16.9 Å². The Hall–Kier alpha value is -1.92. The van der Waals surface area contributed by atoms with E-state index in [1.54, 1.807) is 0 Å². The third-order valence-electron chi connectivity index (χ3n) is 4.11. The highest BCUT2D eigenvalue weighted by Crippen LogP contribution is 2.24. The number of nitrogens with one attached hydrogen (secondary N) is 1. The summed E-state index contributed by atoms with van der Waals surface area (Å²) in [7, 11) is 1.83. The molecule has 0 bridgehead atoms. The molecule has 1 amide bonds. The number of piperazine rings is 1. The molecule has 3 rings (SSSR count). The van der Waals surface area contributed by atoms with Gasteiger partial charge in [-0.1, -0.05) is 41.7 Å². The van der Waals surface area contributed by atoms with Gasteiger partial charge in [0.2, 0.25) is 0 Å². The summed E-state index contributed by atoms with van der Waals surface area (Å²) < 4.78 is 0. The van der Waals surface area contributed by atoms with E-state index in [2.05, 4.69) is 39.5 Å². The normalized spacial score (nSPS) is 15.7. The van der Waals surface area contributed by atoms with Gasteiger partial charge >= 0.3 is 0 Å². The van der Waals surface area contributed by atoms with Gasteiger partial charge in [-0.15, -0.1) is 0 Å². The number of hydrogen-bond donors (Lipinski definition) is 1. The van der Waals surface area contributed by atoms with Crippen LogP contribution in [0.4, 0.5) is 5.13 Å². The van der Waals surface area contributed by atoms with E-state index in [0.29, 0.717) is 0 Å². The van der Waals surface area contributed by atoms with Gasteiger partial charge in [0.1, 0.15) is 4.88 Å². The largest absolute Gasteiger partial charge is 0.365 e. The molecule has 0 atom stereocenters. The highest BCUT2D eigenvalue weighted by atomic mass is 32.1. The van der Waals surface area contributed by atoms with E-state index in [1.807, 2.05) is 24.9 Å². The fraction of sp³-hybridized carbons (Fsp3) is 0.412. The number of amides is 1. The Morgan fingerprint density at radius 1 is 1.22 bits per heavy atom. The molecule has 1 aliphatic heterocycles. The molecule has 1 aromatic heterocycles. The number of carbonyl (C=O) groups excluding carboxylic acids is 1. The Kier molecular flexibility index (Phi) is 4.93. The molecule has 0 aliphatic carbocycles. The zero-order valence-corrected chi connectivity index (χ0v) is 14.4. The number of aryl methyl sites for hydroxylation is 1. The maximum atomic E-state index is 12.7. The maximum Gasteiger partial charge on any atom is 0.266 e. The lowest BCUT2D eigenvalue weighted by Crippen LogP contribution is -2.48. The number of hydrogen-bond acceptors (Lipinski definition) is 5. The van der Waals surface area contributed by atoms with Crippen LogP contribution in [0, 0.1) is 6.92 Å². The molecule has 122 valence electrons. The van der Waals surface area contributed by atoms with Crippen molar-refractivity contribution in [1.29, 1.82) is 0 Å². The molecule has 1 aliphatic rings. The maximum absolute atomic E-state index is 12.7. The average Bonchev–Trinajstić information content (AvgIpc) is 2.97. The van der Waals surface area contributed by atoms with Crippen LogP contribution in [0.2, 0.25) is 0 Å². The third kappa shape index (κ3) is 3.71. The zero-order chi connectivity index (χ0) is 16.2. The number of benzene rings is 1. The van der Waals surface area contributed by atoms with E-state index in [0.717, 1.165) is 48.4 Å². The molecule has 6 heteroatoms. The molecular formula is C17H22N4OS. The summed E-state index contributed by atoms with van der Waals surface area (Å²) >= 11 is 1.44. The monoisotopic (exact) mass is 330 g/mol. The van der Waals surface area contributed by atoms with Gasteiger partial charge in [-0.25, -0.2) is 4.98 Å². The summed E-state index contributed by atoms with van der Waals surface area (Å²) in [6, 6.07) is 10.5. The molecule has 1 fully saturated rings. The highest BCUT2D eigenvalue weighted by molar-refractivity contribution is 7.17. The molecule has 0 saturated carbocycles. The summed E-state index contributed by atoms with van der Waals surface area (Å²) in [5.74, 6) is 0.112. The van der Waals surface area contributed by atoms with Crippen molar-refractivity contribution in [1.82, 2.24) is 14.8 Å². The van der Waals surface area contributed by atoms with Gasteiger partial charge in [-0.2, -0.15) is 0 Å². The first-order valence-corrected chi connectivity index (χ1v) is 8.70. The first-order valence-electron chi connectivity index (χ1n) is 7.88. The van der Waals surface area contributed by atoms with E-state index in [4.69, 9.17) is 0 Å². The van der Waals surface area contributed by atoms with Crippen molar-refractivity contribution in [3.63, 3.8) is 0 Å². The van der Waals surface area contributed by atoms with Gasteiger partial charge in [-0.3, -0.25) is 9.69 Å². The smallest absolute Gasteiger partial charge is 0.266 e. The van der Waals surface area contributed by atoms with Crippen molar-refractivity contribution in [3.05, 3.63) is 46.5 Å². The van der Waals surface area contributed by atoms with Gasteiger partial charge in [0.15, 0.2) is 5.13 Å². The van der Waals surface area contributed by atoms with Crippen LogP contribution in [0.25, 0.3) is 0 Å². The minimum absolute atomic E-state index is 0.112. The number of aromatic nitrogens is 1. The van der Waals surface area contributed by atoms with Crippen molar-refractivity contribution < 1.29 is 4.79 Å². The zero-order valence-electron chi connectivity index (χ0n) is 13.6. The van der Waals surface area contributed by atoms with Gasteiger partial charge < -0.3 is 10.2 Å². The quantitative estimate of drug-likeness (QED) is 0.935. The molecule has 1 N–H and O–H groups in total. The highest BCUT2D eigenvalue weighted by Gasteiger charge is 2.25. The molecule has 1 saturated heterocycles. The van der Waals surface area contributed by atoms with Crippen molar-refractivity contribution in [3.8, 4) is 0 Å². The predicted molar refractivity (Wildman–Crippen MR) is 94.0 cm³/mol. The first-order chi connectivity index (χ1) is 11.2. The molecule has 0 unspecified atom stereocenters. The van der Waals surface area contributed by atoms with Crippen LogP contribution < -0.4 is 5.32 Å². The first kappa shape index (κ1) is 16.0. The Bertz CT molecular complexity index is 662. The van der Waals surface area contributed by atoms with Gasteiger partial charge in [0.05, 0.1) is 5.69 Å². The third-order valence-corrected chi connectivity index (χ3v) is 5.28. The van der Waals surface area contributed by atoms with Gasteiger partial charge in [0.25, 0.3) is 5.91 Å². The Balaban J connectivity index is 1.58. The van der Waals surface area contributed by atoms with Crippen LogP contribution in [0.1, 0.15) is 20.9 Å². The fourth-order valence-corrected chi connectivity index (χ4v) is 3.68. The molecule has 2 heterocycles. The van der Waals surface area contributed by atoms with Crippen LogP contribution in [0.15, 0.2) is 30.3 Å². The Labute approximate surface area is 140 Å². The minimum atomic E-state index is 0.112. The lowest BCUT2D eigenvalue weighted by molar-refractivity contribution is 0.0632. The second-order valence-electron chi connectivity index (χ2n) is 5.74. The molecule has 23 heavy (non-hydrogen) atoms. The second kappa shape index (κ2) is 7.10. The van der Waals surface area contributed by atoms with E-state index >= 15 is 0 Å².